The number of carbonyl (C=O) groups excluding carboxylic acids is 2. The van der Waals surface area contributed by atoms with E-state index in [2.05, 4.69) is 5.32 Å². The first-order valence-electron chi connectivity index (χ1n) is 9.20. The molecule has 27 heavy (non-hydrogen) atoms. The Labute approximate surface area is 167 Å². The smallest absolute Gasteiger partial charge is 0.321 e. The molecule has 0 radical (unpaired) electrons. The van der Waals surface area contributed by atoms with Gasteiger partial charge in [0.1, 0.15) is 0 Å². The molecule has 2 aromatic rings. The van der Waals surface area contributed by atoms with Crippen molar-refractivity contribution in [3.63, 3.8) is 0 Å². The zero-order valence-electron chi connectivity index (χ0n) is 15.3. The van der Waals surface area contributed by atoms with Gasteiger partial charge in [-0.1, -0.05) is 24.3 Å². The predicted octanol–water partition coefficient (Wildman–Crippen LogP) is 4.27. The summed E-state index contributed by atoms with van der Waals surface area (Å²) in [6.07, 6.45) is 1.63. The number of likely N-dealkylation sites (tertiary alicyclic amines) is 1. The van der Waals surface area contributed by atoms with Crippen molar-refractivity contribution < 1.29 is 9.59 Å². The molecule has 2 saturated heterocycles. The summed E-state index contributed by atoms with van der Waals surface area (Å²) in [6.45, 7) is 4.11. The van der Waals surface area contributed by atoms with E-state index in [1.165, 1.54) is 11.3 Å². The number of nitrogens with zero attached hydrogens (tertiary/aromatic N) is 2. The molecule has 5 nitrogen and oxygen atoms in total. The summed E-state index contributed by atoms with van der Waals surface area (Å²) in [4.78, 5) is 30.1. The first kappa shape index (κ1) is 18.4. The van der Waals surface area contributed by atoms with Crippen molar-refractivity contribution >= 4 is 40.7 Å². The largest absolute Gasteiger partial charge is 0.324 e. The fraction of sp³-hybridized carbons (Fsp3) is 0.400. The van der Waals surface area contributed by atoms with E-state index in [0.717, 1.165) is 41.3 Å². The van der Waals surface area contributed by atoms with Gasteiger partial charge in [0, 0.05) is 31.1 Å². The fourth-order valence-corrected chi connectivity index (χ4v) is 5.94. The minimum absolute atomic E-state index is 0.0571. The van der Waals surface area contributed by atoms with Crippen LogP contribution in [-0.4, -0.2) is 52.0 Å². The van der Waals surface area contributed by atoms with Crippen molar-refractivity contribution in [1.82, 2.24) is 9.80 Å². The van der Waals surface area contributed by atoms with Crippen LogP contribution in [0.5, 0.6) is 0 Å². The second kappa shape index (κ2) is 7.56. The second-order valence-corrected chi connectivity index (χ2v) is 9.37. The van der Waals surface area contributed by atoms with Crippen molar-refractivity contribution in [3.05, 3.63) is 52.2 Å². The number of para-hydroxylation sites is 1. The molecule has 2 aliphatic heterocycles. The van der Waals surface area contributed by atoms with Crippen molar-refractivity contribution in [3.8, 4) is 0 Å². The molecule has 1 spiro atoms. The van der Waals surface area contributed by atoms with E-state index >= 15 is 0 Å². The molecule has 1 aromatic heterocycles. The summed E-state index contributed by atoms with van der Waals surface area (Å²) < 4.78 is 0. The molecule has 1 aromatic carbocycles. The van der Waals surface area contributed by atoms with E-state index in [1.54, 1.807) is 0 Å². The van der Waals surface area contributed by atoms with E-state index in [1.807, 2.05) is 70.3 Å². The fourth-order valence-electron chi connectivity index (χ4n) is 3.81. The maximum Gasteiger partial charge on any atom is 0.321 e. The lowest BCUT2D eigenvalue weighted by Gasteiger charge is -2.43. The van der Waals surface area contributed by atoms with Gasteiger partial charge in [-0.15, -0.1) is 23.1 Å². The number of anilines is 1. The lowest BCUT2D eigenvalue weighted by Crippen LogP contribution is -2.54. The molecule has 0 unspecified atom stereocenters. The standard InChI is InChI=1S/C20H23N3O2S2/c1-15-5-2-3-6-16(15)21-19(25)22-10-8-20(9-11-22)23(12-14-27-20)18(24)17-7-4-13-26-17/h2-7,13H,8-12,14H2,1H3,(H,21,25). The van der Waals surface area contributed by atoms with Crippen LogP contribution in [0.3, 0.4) is 0 Å². The molecule has 4 rings (SSSR count). The molecular formula is C20H23N3O2S2. The Morgan fingerprint density at radius 2 is 1.85 bits per heavy atom. The Hall–Kier alpha value is -1.99. The number of thioether (sulfide) groups is 1. The van der Waals surface area contributed by atoms with E-state index < -0.39 is 0 Å². The van der Waals surface area contributed by atoms with Gasteiger partial charge in [-0.25, -0.2) is 4.79 Å². The van der Waals surface area contributed by atoms with E-state index in [-0.39, 0.29) is 16.8 Å². The number of benzene rings is 1. The van der Waals surface area contributed by atoms with Crippen molar-refractivity contribution in [2.75, 3.05) is 30.7 Å². The van der Waals surface area contributed by atoms with Crippen LogP contribution in [0.2, 0.25) is 0 Å². The first-order valence-corrected chi connectivity index (χ1v) is 11.1. The zero-order valence-corrected chi connectivity index (χ0v) is 16.9. The maximum absolute atomic E-state index is 12.9. The summed E-state index contributed by atoms with van der Waals surface area (Å²) in [5, 5.41) is 4.96. The SMILES string of the molecule is Cc1ccccc1NC(=O)N1CCC2(CC1)SCCN2C(=O)c1cccs1. The predicted molar refractivity (Wildman–Crippen MR) is 112 cm³/mol. The molecule has 3 amide bonds. The minimum Gasteiger partial charge on any atom is -0.324 e. The minimum atomic E-state index is -0.166. The van der Waals surface area contributed by atoms with Crippen LogP contribution < -0.4 is 5.32 Å². The third kappa shape index (κ3) is 3.58. The van der Waals surface area contributed by atoms with Gasteiger partial charge in [-0.2, -0.15) is 0 Å². The summed E-state index contributed by atoms with van der Waals surface area (Å²) in [6, 6.07) is 11.6. The molecule has 3 heterocycles. The topological polar surface area (TPSA) is 52.7 Å². The highest BCUT2D eigenvalue weighted by Crippen LogP contribution is 2.44. The Morgan fingerprint density at radius 3 is 2.56 bits per heavy atom. The van der Waals surface area contributed by atoms with E-state index in [9.17, 15) is 9.59 Å². The van der Waals surface area contributed by atoms with Crippen LogP contribution >= 0.6 is 23.1 Å². The molecule has 142 valence electrons. The lowest BCUT2D eigenvalue weighted by atomic mass is 10.0. The van der Waals surface area contributed by atoms with Crippen LogP contribution in [0.4, 0.5) is 10.5 Å². The zero-order chi connectivity index (χ0) is 18.9. The van der Waals surface area contributed by atoms with E-state index in [4.69, 9.17) is 0 Å². The number of nitrogens with one attached hydrogen (secondary N) is 1. The molecule has 2 fully saturated rings. The molecule has 0 bridgehead atoms. The van der Waals surface area contributed by atoms with E-state index in [0.29, 0.717) is 13.1 Å². The average molecular weight is 402 g/mol. The summed E-state index contributed by atoms with van der Waals surface area (Å²) in [5.74, 6) is 1.10. The molecule has 7 heteroatoms. The van der Waals surface area contributed by atoms with Crippen molar-refractivity contribution in [1.29, 1.82) is 0 Å². The average Bonchev–Trinajstić information content (AvgIpc) is 3.34. The Morgan fingerprint density at radius 1 is 1.07 bits per heavy atom. The number of amides is 3. The number of carbonyl (C=O) groups is 2. The van der Waals surface area contributed by atoms with Crippen molar-refractivity contribution in [2.45, 2.75) is 24.6 Å². The van der Waals surface area contributed by atoms with Gasteiger partial charge in [0.05, 0.1) is 9.75 Å². The highest BCUT2D eigenvalue weighted by molar-refractivity contribution is 8.00. The van der Waals surface area contributed by atoms with Gasteiger partial charge in [-0.3, -0.25) is 4.79 Å². The van der Waals surface area contributed by atoms with Gasteiger partial charge >= 0.3 is 6.03 Å². The Kier molecular flexibility index (Phi) is 5.14. The number of aryl methyl sites for hydroxylation is 1. The summed E-state index contributed by atoms with van der Waals surface area (Å²) in [5.41, 5.74) is 1.91. The number of thiophene rings is 1. The van der Waals surface area contributed by atoms with Crippen LogP contribution in [-0.2, 0) is 0 Å². The first-order chi connectivity index (χ1) is 13.1. The van der Waals surface area contributed by atoms with Gasteiger partial charge in [0.2, 0.25) is 0 Å². The molecule has 0 saturated carbocycles. The Balaban J connectivity index is 1.41. The normalized spacial score (nSPS) is 18.7. The molecule has 0 aliphatic carbocycles. The van der Waals surface area contributed by atoms with Crippen LogP contribution in [0.25, 0.3) is 0 Å². The lowest BCUT2D eigenvalue weighted by molar-refractivity contribution is 0.0590. The maximum atomic E-state index is 12.9. The molecule has 0 atom stereocenters. The number of rotatable bonds is 2. The second-order valence-electron chi connectivity index (χ2n) is 6.96. The van der Waals surface area contributed by atoms with Gasteiger partial charge < -0.3 is 15.1 Å². The van der Waals surface area contributed by atoms with Crippen molar-refractivity contribution in [2.24, 2.45) is 0 Å². The third-order valence-electron chi connectivity index (χ3n) is 5.37. The molecule has 1 N–H and O–H groups in total. The quantitative estimate of drug-likeness (QED) is 0.818. The highest BCUT2D eigenvalue weighted by atomic mass is 32.2. The van der Waals surface area contributed by atoms with Crippen LogP contribution in [0.1, 0.15) is 28.1 Å². The summed E-state index contributed by atoms with van der Waals surface area (Å²) >= 11 is 3.37. The van der Waals surface area contributed by atoms with Gasteiger partial charge in [0.25, 0.3) is 5.91 Å². The Bertz CT molecular complexity index is 830. The number of piperidine rings is 1. The number of hydrogen-bond acceptors (Lipinski definition) is 4. The highest BCUT2D eigenvalue weighted by Gasteiger charge is 2.47. The van der Waals surface area contributed by atoms with Gasteiger partial charge in [-0.05, 0) is 42.8 Å². The van der Waals surface area contributed by atoms with Crippen LogP contribution in [0.15, 0.2) is 41.8 Å². The van der Waals surface area contributed by atoms with Crippen LogP contribution in [0, 0.1) is 6.92 Å². The summed E-state index contributed by atoms with van der Waals surface area (Å²) in [7, 11) is 0. The number of urea groups is 1. The number of hydrogen-bond donors (Lipinski definition) is 1. The molecule has 2 aliphatic rings. The van der Waals surface area contributed by atoms with Gasteiger partial charge in [0.15, 0.2) is 0 Å². The third-order valence-corrected chi connectivity index (χ3v) is 7.78. The molecular weight excluding hydrogens is 378 g/mol. The monoisotopic (exact) mass is 401 g/mol.